The first-order valence-electron chi connectivity index (χ1n) is 11.3. The summed E-state index contributed by atoms with van der Waals surface area (Å²) in [6.07, 6.45) is -0.729. The second-order valence-electron chi connectivity index (χ2n) is 9.77. The van der Waals surface area contributed by atoms with Crippen LogP contribution in [0.3, 0.4) is 0 Å². The number of aliphatic hydroxyl groups is 1. The van der Waals surface area contributed by atoms with Crippen LogP contribution in [0, 0.1) is 21.4 Å². The maximum atomic E-state index is 12.9. The molecule has 0 unspecified atom stereocenters. The third kappa shape index (κ3) is 4.10. The van der Waals surface area contributed by atoms with Gasteiger partial charge in [-0.2, -0.15) is 17.0 Å². The number of rotatable bonds is 9. The van der Waals surface area contributed by atoms with Crippen LogP contribution in [-0.2, 0) is 26.2 Å². The Hall–Kier alpha value is -2.52. The summed E-state index contributed by atoms with van der Waals surface area (Å²) in [5, 5.41) is 31.3. The summed E-state index contributed by atoms with van der Waals surface area (Å²) in [7, 11) is -0.722. The molecule has 196 valence electrons. The van der Waals surface area contributed by atoms with E-state index in [2.05, 4.69) is 0 Å². The molecule has 3 heterocycles. The number of nitrogens with zero attached hydrogens (tertiary/aromatic N) is 4. The lowest BCUT2D eigenvalue weighted by Crippen LogP contribution is -2.66. The lowest BCUT2D eigenvalue weighted by Gasteiger charge is -2.51. The molecule has 0 aliphatic carbocycles. The van der Waals surface area contributed by atoms with Gasteiger partial charge in [-0.1, -0.05) is 19.1 Å². The second-order valence-corrected chi connectivity index (χ2v) is 13.2. The maximum absolute atomic E-state index is 12.9. The predicted molar refractivity (Wildman–Crippen MR) is 131 cm³/mol. The molecule has 36 heavy (non-hydrogen) atoms. The monoisotopic (exact) mass is 540 g/mol. The number of β-lactam (4-membered cyclic amide) rings is 1. The van der Waals surface area contributed by atoms with Gasteiger partial charge in [-0.3, -0.25) is 14.9 Å². The largest absolute Gasteiger partial charge is 0.477 e. The minimum atomic E-state index is -3.59. The van der Waals surface area contributed by atoms with Crippen LogP contribution in [0.4, 0.5) is 5.69 Å². The molecule has 1 amide bonds. The molecule has 0 spiro atoms. The van der Waals surface area contributed by atoms with Crippen molar-refractivity contribution in [3.63, 3.8) is 0 Å². The van der Waals surface area contributed by atoms with E-state index in [-0.39, 0.29) is 36.1 Å². The SMILES string of the molecule is C[C@@H](O)[C@H]1C(=O)N2C(C(=O)O)=C(SC3CN(S(=O)(=O)N(C)C)C3)[C@](C)(Cc3ccc([N+](=O)[O-])cc3)[C@H]12. The molecule has 14 heteroatoms. The number of non-ortho nitro benzene ring substituents is 1. The van der Waals surface area contributed by atoms with Crippen molar-refractivity contribution < 1.29 is 33.1 Å². The van der Waals surface area contributed by atoms with Crippen molar-refractivity contribution in [3.8, 4) is 0 Å². The van der Waals surface area contributed by atoms with Gasteiger partial charge in [-0.05, 0) is 18.9 Å². The van der Waals surface area contributed by atoms with E-state index in [1.807, 2.05) is 6.92 Å². The first kappa shape index (κ1) is 26.5. The average molecular weight is 541 g/mol. The van der Waals surface area contributed by atoms with E-state index >= 15 is 0 Å². The first-order valence-corrected chi connectivity index (χ1v) is 13.5. The summed E-state index contributed by atoms with van der Waals surface area (Å²) in [6.45, 7) is 3.70. The molecule has 2 saturated heterocycles. The number of carboxylic acid groups (broad SMARTS) is 1. The van der Waals surface area contributed by atoms with Gasteiger partial charge >= 0.3 is 5.97 Å². The second kappa shape index (κ2) is 9.10. The number of carbonyl (C=O) groups excluding carboxylic acids is 1. The van der Waals surface area contributed by atoms with Gasteiger partial charge in [0.15, 0.2) is 0 Å². The molecule has 0 saturated carbocycles. The van der Waals surface area contributed by atoms with Crippen molar-refractivity contribution >= 4 is 39.5 Å². The highest BCUT2D eigenvalue weighted by atomic mass is 32.2. The van der Waals surface area contributed by atoms with Crippen molar-refractivity contribution in [1.82, 2.24) is 13.5 Å². The van der Waals surface area contributed by atoms with Crippen LogP contribution in [0.1, 0.15) is 19.4 Å². The van der Waals surface area contributed by atoms with E-state index in [1.54, 1.807) is 12.1 Å². The number of aliphatic carboxylic acids is 1. The van der Waals surface area contributed by atoms with Gasteiger partial charge in [0, 0.05) is 54.9 Å². The molecule has 3 aliphatic rings. The van der Waals surface area contributed by atoms with Crippen LogP contribution < -0.4 is 0 Å². The molecule has 1 aromatic rings. The Morgan fingerprint density at radius 2 is 1.89 bits per heavy atom. The van der Waals surface area contributed by atoms with E-state index in [0.29, 0.717) is 10.5 Å². The zero-order valence-electron chi connectivity index (χ0n) is 20.2. The Morgan fingerprint density at radius 1 is 1.31 bits per heavy atom. The van der Waals surface area contributed by atoms with Gasteiger partial charge in [0.25, 0.3) is 15.9 Å². The fourth-order valence-corrected chi connectivity index (χ4v) is 8.21. The number of nitro benzene ring substituents is 1. The smallest absolute Gasteiger partial charge is 0.353 e. The molecule has 1 aromatic carbocycles. The quantitative estimate of drug-likeness (QED) is 0.263. The third-order valence-corrected chi connectivity index (χ3v) is 10.5. The Labute approximate surface area is 212 Å². The van der Waals surface area contributed by atoms with Crippen LogP contribution in [0.15, 0.2) is 34.9 Å². The molecule has 4 rings (SSSR count). The fourth-order valence-electron chi connectivity index (χ4n) is 5.22. The van der Waals surface area contributed by atoms with Crippen LogP contribution in [-0.4, -0.2) is 93.5 Å². The summed E-state index contributed by atoms with van der Waals surface area (Å²) in [4.78, 5) is 37.5. The first-order chi connectivity index (χ1) is 16.7. The molecule has 12 nitrogen and oxygen atoms in total. The van der Waals surface area contributed by atoms with Crippen LogP contribution in [0.2, 0.25) is 0 Å². The average Bonchev–Trinajstić information content (AvgIpc) is 2.95. The van der Waals surface area contributed by atoms with E-state index in [4.69, 9.17) is 0 Å². The Morgan fingerprint density at radius 3 is 2.36 bits per heavy atom. The molecule has 2 N–H and O–H groups in total. The van der Waals surface area contributed by atoms with Gasteiger partial charge in [0.1, 0.15) is 5.70 Å². The van der Waals surface area contributed by atoms with Crippen molar-refractivity contribution in [1.29, 1.82) is 0 Å². The third-order valence-electron chi connectivity index (χ3n) is 7.10. The number of fused-ring (bicyclic) bond motifs is 1. The zero-order chi connectivity index (χ0) is 26.7. The molecular formula is C22H28N4O8S2. The summed E-state index contributed by atoms with van der Waals surface area (Å²) in [5.74, 6) is -2.54. The minimum Gasteiger partial charge on any atom is -0.477 e. The van der Waals surface area contributed by atoms with Crippen molar-refractivity contribution in [2.75, 3.05) is 27.2 Å². The molecule has 4 atom stereocenters. The van der Waals surface area contributed by atoms with Gasteiger partial charge < -0.3 is 15.1 Å². The number of benzene rings is 1. The van der Waals surface area contributed by atoms with Crippen LogP contribution in [0.25, 0.3) is 0 Å². The predicted octanol–water partition coefficient (Wildman–Crippen LogP) is 0.885. The number of amides is 1. The lowest BCUT2D eigenvalue weighted by molar-refractivity contribution is -0.384. The van der Waals surface area contributed by atoms with Gasteiger partial charge in [-0.15, -0.1) is 11.8 Å². The van der Waals surface area contributed by atoms with E-state index in [0.717, 1.165) is 4.31 Å². The number of hydrogen-bond donors (Lipinski definition) is 2. The van der Waals surface area contributed by atoms with E-state index in [1.165, 1.54) is 54.1 Å². The molecule has 0 bridgehead atoms. The number of nitro groups is 1. The highest BCUT2D eigenvalue weighted by Crippen LogP contribution is 2.59. The zero-order valence-corrected chi connectivity index (χ0v) is 21.8. The van der Waals surface area contributed by atoms with Crippen molar-refractivity contribution in [2.24, 2.45) is 11.3 Å². The summed E-state index contributed by atoms with van der Waals surface area (Å²) >= 11 is 1.25. The van der Waals surface area contributed by atoms with Crippen LogP contribution >= 0.6 is 11.8 Å². The van der Waals surface area contributed by atoms with Crippen molar-refractivity contribution in [3.05, 3.63) is 50.5 Å². The van der Waals surface area contributed by atoms with Crippen LogP contribution in [0.5, 0.6) is 0 Å². The number of aliphatic hydroxyl groups excluding tert-OH is 1. The lowest BCUT2D eigenvalue weighted by atomic mass is 9.67. The van der Waals surface area contributed by atoms with Gasteiger partial charge in [-0.25, -0.2) is 4.79 Å². The number of hydrogen-bond acceptors (Lipinski definition) is 8. The topological polar surface area (TPSA) is 162 Å². The van der Waals surface area contributed by atoms with E-state index in [9.17, 15) is 38.3 Å². The normalized spacial score (nSPS) is 27.6. The highest BCUT2D eigenvalue weighted by Gasteiger charge is 2.66. The highest BCUT2D eigenvalue weighted by molar-refractivity contribution is 8.04. The Kier molecular flexibility index (Phi) is 6.71. The Bertz CT molecular complexity index is 1240. The van der Waals surface area contributed by atoms with Gasteiger partial charge in [0.05, 0.1) is 23.0 Å². The molecule has 0 radical (unpaired) electrons. The molecule has 2 fully saturated rings. The summed E-state index contributed by atoms with van der Waals surface area (Å²) in [5.41, 5.74) is -0.428. The Balaban J connectivity index is 1.70. The molecular weight excluding hydrogens is 512 g/mol. The number of carbonyl (C=O) groups is 2. The standard InChI is InChI=1S/C22H28N4O8S2/c1-12(27)16-18-22(2,9-13-5-7-14(8-6-13)26(31)32)19(17(21(29)30)25(18)20(16)28)35-15-10-24(11-15)36(33,34)23(3)4/h5-8,12,15-16,18,27H,9-11H2,1-4H3,(H,29,30)/t12-,16-,18+,22-/m1/s1. The molecule has 0 aromatic heterocycles. The summed E-state index contributed by atoms with van der Waals surface area (Å²) in [6, 6.07) is 5.32. The van der Waals surface area contributed by atoms with Gasteiger partial charge in [0.2, 0.25) is 5.91 Å². The number of carboxylic acids is 1. The fraction of sp³-hybridized carbons (Fsp3) is 0.545. The number of thioether (sulfide) groups is 1. The summed E-state index contributed by atoms with van der Waals surface area (Å²) < 4.78 is 27.2. The maximum Gasteiger partial charge on any atom is 0.353 e. The van der Waals surface area contributed by atoms with E-state index < -0.39 is 50.5 Å². The molecule has 3 aliphatic heterocycles. The van der Waals surface area contributed by atoms with Crippen molar-refractivity contribution in [2.45, 2.75) is 37.7 Å². The minimum absolute atomic E-state index is 0.0781.